The van der Waals surface area contributed by atoms with E-state index >= 15 is 0 Å². The zero-order valence-corrected chi connectivity index (χ0v) is 15.4. The van der Waals surface area contributed by atoms with E-state index in [2.05, 4.69) is 0 Å². The van der Waals surface area contributed by atoms with E-state index in [4.69, 9.17) is 11.6 Å². The van der Waals surface area contributed by atoms with Crippen molar-refractivity contribution in [3.8, 4) is 0 Å². The molecule has 0 aliphatic heterocycles. The molecule has 0 spiro atoms. The molecule has 1 unspecified atom stereocenters. The van der Waals surface area contributed by atoms with E-state index in [1.54, 1.807) is 7.05 Å². The fraction of sp³-hybridized carbons (Fsp3) is 0.278. The highest BCUT2D eigenvalue weighted by Crippen LogP contribution is 2.21. The smallest absolute Gasteiger partial charge is 0.238 e. The molecule has 2 rings (SSSR count). The lowest BCUT2D eigenvalue weighted by Gasteiger charge is -2.25. The Hall–Kier alpha value is -1.85. The first-order valence-corrected chi connectivity index (χ1v) is 9.54. The molecule has 0 aromatic heterocycles. The minimum Gasteiger partial charge on any atom is -0.338 e. The molecule has 6 heteroatoms. The summed E-state index contributed by atoms with van der Waals surface area (Å²) < 4.78 is 24.7. The molecule has 24 heavy (non-hydrogen) atoms. The Morgan fingerprint density at radius 1 is 1.08 bits per heavy atom. The van der Waals surface area contributed by atoms with Crippen LogP contribution in [0.4, 0.5) is 0 Å². The fourth-order valence-corrected chi connectivity index (χ4v) is 3.65. The molecule has 0 saturated heterocycles. The van der Waals surface area contributed by atoms with E-state index in [1.165, 1.54) is 29.2 Å². The lowest BCUT2D eigenvalue weighted by Crippen LogP contribution is -2.34. The number of benzene rings is 2. The third-order valence-corrected chi connectivity index (χ3v) is 5.89. The van der Waals surface area contributed by atoms with Crippen LogP contribution in [0.5, 0.6) is 0 Å². The van der Waals surface area contributed by atoms with Gasteiger partial charge in [-0.25, -0.2) is 8.42 Å². The van der Waals surface area contributed by atoms with Crippen molar-refractivity contribution in [3.63, 3.8) is 0 Å². The maximum absolute atomic E-state index is 12.4. The van der Waals surface area contributed by atoms with Gasteiger partial charge in [-0.1, -0.05) is 41.4 Å². The number of aryl methyl sites for hydroxylation is 1. The quantitative estimate of drug-likeness (QED) is 0.812. The van der Waals surface area contributed by atoms with Gasteiger partial charge in [0.2, 0.25) is 5.91 Å². The van der Waals surface area contributed by atoms with Gasteiger partial charge in [-0.05, 0) is 43.7 Å². The number of hydrogen-bond acceptors (Lipinski definition) is 3. The summed E-state index contributed by atoms with van der Waals surface area (Å²) in [4.78, 5) is 14.0. The zero-order chi connectivity index (χ0) is 17.9. The van der Waals surface area contributed by atoms with Gasteiger partial charge in [-0.15, -0.1) is 0 Å². The molecule has 0 N–H and O–H groups in total. The Morgan fingerprint density at radius 2 is 1.62 bits per heavy atom. The lowest BCUT2D eigenvalue weighted by atomic mass is 10.1. The van der Waals surface area contributed by atoms with E-state index in [-0.39, 0.29) is 10.9 Å². The van der Waals surface area contributed by atoms with Gasteiger partial charge in [0.15, 0.2) is 9.84 Å². The van der Waals surface area contributed by atoms with Crippen molar-refractivity contribution in [2.45, 2.75) is 24.8 Å². The van der Waals surface area contributed by atoms with Gasteiger partial charge in [-0.3, -0.25) is 4.79 Å². The molecule has 4 nitrogen and oxygen atoms in total. The van der Waals surface area contributed by atoms with Crippen LogP contribution in [-0.4, -0.2) is 32.0 Å². The molecule has 128 valence electrons. The maximum atomic E-state index is 12.4. The molecule has 1 atom stereocenters. The van der Waals surface area contributed by atoms with E-state index in [0.717, 1.165) is 11.1 Å². The van der Waals surface area contributed by atoms with Crippen LogP contribution in [0, 0.1) is 6.92 Å². The minimum absolute atomic E-state index is 0.0941. The highest BCUT2D eigenvalue weighted by Gasteiger charge is 2.24. The highest BCUT2D eigenvalue weighted by atomic mass is 35.5. The summed E-state index contributed by atoms with van der Waals surface area (Å²) in [6, 6.07) is 13.4. The first-order chi connectivity index (χ1) is 11.2. The number of carbonyl (C=O) groups excluding carboxylic acids is 1. The van der Waals surface area contributed by atoms with Gasteiger partial charge in [-0.2, -0.15) is 0 Å². The average molecular weight is 366 g/mol. The first-order valence-electron chi connectivity index (χ1n) is 7.51. The van der Waals surface area contributed by atoms with E-state index in [1.807, 2.05) is 38.1 Å². The monoisotopic (exact) mass is 365 g/mol. The van der Waals surface area contributed by atoms with Crippen molar-refractivity contribution in [1.29, 1.82) is 0 Å². The highest BCUT2D eigenvalue weighted by molar-refractivity contribution is 7.92. The summed E-state index contributed by atoms with van der Waals surface area (Å²) >= 11 is 5.77. The van der Waals surface area contributed by atoms with E-state index in [9.17, 15) is 13.2 Å². The van der Waals surface area contributed by atoms with Crippen molar-refractivity contribution < 1.29 is 13.2 Å². The maximum Gasteiger partial charge on any atom is 0.238 e. The van der Waals surface area contributed by atoms with Gasteiger partial charge in [0.1, 0.15) is 5.75 Å². The molecular formula is C18H20ClNO3S. The predicted molar refractivity (Wildman–Crippen MR) is 95.9 cm³/mol. The number of rotatable bonds is 5. The Labute approximate surface area is 148 Å². The SMILES string of the molecule is Cc1ccc(C(C)N(C)C(=O)CS(=O)(=O)c2ccc(Cl)cc2)cc1. The second-order valence-corrected chi connectivity index (χ2v) is 8.23. The van der Waals surface area contributed by atoms with Gasteiger partial charge in [0.05, 0.1) is 10.9 Å². The third-order valence-electron chi connectivity index (χ3n) is 4.02. The molecular weight excluding hydrogens is 346 g/mol. The van der Waals surface area contributed by atoms with Gasteiger partial charge >= 0.3 is 0 Å². The third kappa shape index (κ3) is 4.36. The van der Waals surface area contributed by atoms with Crippen LogP contribution in [0.1, 0.15) is 24.1 Å². The summed E-state index contributed by atoms with van der Waals surface area (Å²) in [6.45, 7) is 3.86. The summed E-state index contributed by atoms with van der Waals surface area (Å²) in [5.41, 5.74) is 2.09. The van der Waals surface area contributed by atoms with Gasteiger partial charge in [0.25, 0.3) is 0 Å². The predicted octanol–water partition coefficient (Wildman–Crippen LogP) is 3.64. The van der Waals surface area contributed by atoms with Crippen molar-refractivity contribution >= 4 is 27.3 Å². The molecule has 0 aliphatic rings. The summed E-state index contributed by atoms with van der Waals surface area (Å²) in [5.74, 6) is -1.01. The normalized spacial score (nSPS) is 12.7. The standard InChI is InChI=1S/C18H20ClNO3S/c1-13-4-6-15(7-5-13)14(2)20(3)18(21)12-24(22,23)17-10-8-16(19)9-11-17/h4-11,14H,12H2,1-3H3. The van der Waals surface area contributed by atoms with Crippen molar-refractivity contribution in [2.75, 3.05) is 12.8 Å². The molecule has 0 aliphatic carbocycles. The zero-order valence-electron chi connectivity index (χ0n) is 13.9. The number of sulfone groups is 1. The Kier molecular flexibility index (Phi) is 5.67. The van der Waals surface area contributed by atoms with Crippen LogP contribution >= 0.6 is 11.6 Å². The summed E-state index contributed by atoms with van der Waals surface area (Å²) in [6.07, 6.45) is 0. The lowest BCUT2D eigenvalue weighted by molar-refractivity contribution is -0.129. The summed E-state index contributed by atoms with van der Waals surface area (Å²) in [5, 5.41) is 0.449. The molecule has 0 radical (unpaired) electrons. The number of nitrogens with zero attached hydrogens (tertiary/aromatic N) is 1. The first kappa shape index (κ1) is 18.5. The second kappa shape index (κ2) is 7.36. The molecule has 0 saturated carbocycles. The van der Waals surface area contributed by atoms with Crippen LogP contribution in [0.3, 0.4) is 0 Å². The van der Waals surface area contributed by atoms with Crippen molar-refractivity contribution in [3.05, 3.63) is 64.7 Å². The van der Waals surface area contributed by atoms with E-state index in [0.29, 0.717) is 5.02 Å². The fourth-order valence-electron chi connectivity index (χ4n) is 2.27. The Balaban J connectivity index is 2.13. The molecule has 0 bridgehead atoms. The second-order valence-electron chi connectivity index (χ2n) is 5.80. The Bertz CT molecular complexity index is 814. The van der Waals surface area contributed by atoms with Crippen LogP contribution < -0.4 is 0 Å². The minimum atomic E-state index is -3.69. The van der Waals surface area contributed by atoms with Crippen molar-refractivity contribution in [1.82, 2.24) is 4.90 Å². The number of carbonyl (C=O) groups is 1. The number of halogens is 1. The van der Waals surface area contributed by atoms with Crippen LogP contribution in [0.15, 0.2) is 53.4 Å². The summed E-state index contributed by atoms with van der Waals surface area (Å²) in [7, 11) is -2.08. The molecule has 0 fully saturated rings. The van der Waals surface area contributed by atoms with Gasteiger partial charge in [0, 0.05) is 12.1 Å². The largest absolute Gasteiger partial charge is 0.338 e. The molecule has 1 amide bonds. The average Bonchev–Trinajstić information content (AvgIpc) is 2.54. The molecule has 2 aromatic carbocycles. The Morgan fingerprint density at radius 3 is 2.17 bits per heavy atom. The van der Waals surface area contributed by atoms with Crippen LogP contribution in [-0.2, 0) is 14.6 Å². The van der Waals surface area contributed by atoms with Crippen molar-refractivity contribution in [2.24, 2.45) is 0 Å². The van der Waals surface area contributed by atoms with Crippen LogP contribution in [0.25, 0.3) is 0 Å². The number of amides is 1. The van der Waals surface area contributed by atoms with Gasteiger partial charge < -0.3 is 4.90 Å². The molecule has 0 heterocycles. The van der Waals surface area contributed by atoms with E-state index < -0.39 is 21.5 Å². The van der Waals surface area contributed by atoms with Crippen LogP contribution in [0.2, 0.25) is 5.02 Å². The molecule has 2 aromatic rings. The number of hydrogen-bond donors (Lipinski definition) is 0. The topological polar surface area (TPSA) is 54.5 Å².